The second-order valence-corrected chi connectivity index (χ2v) is 2.31. The normalized spacial score (nSPS) is 8.27. The molecule has 0 saturated carbocycles. The van der Waals surface area contributed by atoms with E-state index in [1.54, 1.807) is 0 Å². The summed E-state index contributed by atoms with van der Waals surface area (Å²) in [4.78, 5) is 11.3. The minimum Gasteiger partial charge on any atom is -0.331 e. The average molecular weight is 172 g/mol. The van der Waals surface area contributed by atoms with Gasteiger partial charge in [-0.1, -0.05) is 18.7 Å². The second kappa shape index (κ2) is 7.43. The van der Waals surface area contributed by atoms with Crippen molar-refractivity contribution in [1.82, 2.24) is 15.0 Å². The van der Waals surface area contributed by atoms with Crippen LogP contribution in [0.15, 0.2) is 17.8 Å². The lowest BCUT2D eigenvalue weighted by molar-refractivity contribution is 0.904. The fourth-order valence-electron chi connectivity index (χ4n) is 0.334. The minimum atomic E-state index is 0.750. The van der Waals surface area contributed by atoms with Crippen molar-refractivity contribution in [2.75, 3.05) is 12.8 Å². The predicted molar refractivity (Wildman–Crippen MR) is 46.3 cm³/mol. The van der Waals surface area contributed by atoms with E-state index in [1.807, 2.05) is 13.2 Å². The Morgan fingerprint density at radius 3 is 2.18 bits per heavy atom. The molecule has 0 saturated heterocycles. The van der Waals surface area contributed by atoms with Gasteiger partial charge in [-0.3, -0.25) is 0 Å². The van der Waals surface area contributed by atoms with Crippen LogP contribution in [-0.4, -0.2) is 27.8 Å². The van der Waals surface area contributed by atoms with Gasteiger partial charge in [-0.2, -0.15) is 0 Å². The minimum absolute atomic E-state index is 0.750. The van der Waals surface area contributed by atoms with Gasteiger partial charge < -0.3 is 5.73 Å². The summed E-state index contributed by atoms with van der Waals surface area (Å²) in [6.07, 6.45) is 4.90. The van der Waals surface area contributed by atoms with Crippen LogP contribution >= 0.6 is 11.8 Å². The lowest BCUT2D eigenvalue weighted by Crippen LogP contribution is -1.87. The topological polar surface area (TPSA) is 64.7 Å². The molecule has 0 amide bonds. The van der Waals surface area contributed by atoms with Gasteiger partial charge in [0, 0.05) is 0 Å². The standard InChI is InChI=1S/C4H5N3S.C2H7N/c1-8-4-6-2-5-3-7-4;1-2-3/h2-3H,1H3;2-3H2,1H3. The van der Waals surface area contributed by atoms with Crippen LogP contribution in [0.2, 0.25) is 0 Å². The molecule has 0 aliphatic heterocycles. The zero-order chi connectivity index (χ0) is 8.53. The maximum absolute atomic E-state index is 4.85. The first kappa shape index (κ1) is 10.3. The van der Waals surface area contributed by atoms with Crippen molar-refractivity contribution in [2.45, 2.75) is 12.1 Å². The Kier molecular flexibility index (Phi) is 6.97. The second-order valence-electron chi connectivity index (χ2n) is 1.53. The van der Waals surface area contributed by atoms with Crippen LogP contribution in [0.5, 0.6) is 0 Å². The fourth-order valence-corrected chi connectivity index (χ4v) is 0.639. The summed E-state index contributed by atoms with van der Waals surface area (Å²) in [5.41, 5.74) is 4.85. The lowest BCUT2D eigenvalue weighted by Gasteiger charge is -1.86. The largest absolute Gasteiger partial charge is 0.331 e. The molecule has 11 heavy (non-hydrogen) atoms. The van der Waals surface area contributed by atoms with Gasteiger partial charge in [0.05, 0.1) is 0 Å². The average Bonchev–Trinajstić information content (AvgIpc) is 2.08. The van der Waals surface area contributed by atoms with Crippen molar-refractivity contribution in [3.8, 4) is 0 Å². The summed E-state index contributed by atoms with van der Waals surface area (Å²) >= 11 is 1.51. The molecule has 1 aromatic rings. The summed E-state index contributed by atoms with van der Waals surface area (Å²) < 4.78 is 0. The predicted octanol–water partition coefficient (Wildman–Crippen LogP) is 0.559. The molecule has 0 spiro atoms. The molecule has 0 aromatic carbocycles. The number of thioether (sulfide) groups is 1. The van der Waals surface area contributed by atoms with Gasteiger partial charge in [0.25, 0.3) is 0 Å². The van der Waals surface area contributed by atoms with E-state index in [9.17, 15) is 0 Å². The molecule has 1 heterocycles. The third-order valence-corrected chi connectivity index (χ3v) is 1.23. The van der Waals surface area contributed by atoms with E-state index in [4.69, 9.17) is 5.73 Å². The van der Waals surface area contributed by atoms with Gasteiger partial charge in [-0.25, -0.2) is 15.0 Å². The number of aromatic nitrogens is 3. The molecule has 0 radical (unpaired) electrons. The third kappa shape index (κ3) is 5.75. The molecule has 1 aromatic heterocycles. The Morgan fingerprint density at radius 1 is 1.45 bits per heavy atom. The number of rotatable bonds is 1. The zero-order valence-corrected chi connectivity index (χ0v) is 7.51. The summed E-state index contributed by atoms with van der Waals surface area (Å²) in [6.45, 7) is 2.65. The van der Waals surface area contributed by atoms with Crippen molar-refractivity contribution in [2.24, 2.45) is 5.73 Å². The molecular weight excluding hydrogens is 160 g/mol. The van der Waals surface area contributed by atoms with Gasteiger partial charge >= 0.3 is 0 Å². The SMILES string of the molecule is CCN.CSc1ncncn1. The Morgan fingerprint density at radius 2 is 1.91 bits per heavy atom. The van der Waals surface area contributed by atoms with E-state index in [0.29, 0.717) is 0 Å². The van der Waals surface area contributed by atoms with Crippen molar-refractivity contribution in [3.63, 3.8) is 0 Å². The summed E-state index contributed by atoms with van der Waals surface area (Å²) in [6, 6.07) is 0. The van der Waals surface area contributed by atoms with E-state index in [2.05, 4.69) is 15.0 Å². The molecule has 0 unspecified atom stereocenters. The summed E-state index contributed by atoms with van der Waals surface area (Å²) in [7, 11) is 0. The van der Waals surface area contributed by atoms with Crippen LogP contribution in [-0.2, 0) is 0 Å². The number of nitrogens with zero attached hydrogens (tertiary/aromatic N) is 3. The molecule has 1 rings (SSSR count). The van der Waals surface area contributed by atoms with E-state index in [-0.39, 0.29) is 0 Å². The first-order valence-corrected chi connectivity index (χ1v) is 4.43. The molecule has 5 heteroatoms. The van der Waals surface area contributed by atoms with Crippen LogP contribution < -0.4 is 5.73 Å². The quantitative estimate of drug-likeness (QED) is 0.627. The molecule has 0 aliphatic carbocycles. The number of nitrogens with two attached hydrogens (primary N) is 1. The number of hydrogen-bond acceptors (Lipinski definition) is 5. The van der Waals surface area contributed by atoms with Crippen molar-refractivity contribution in [3.05, 3.63) is 12.7 Å². The Balaban J connectivity index is 0.000000292. The molecule has 62 valence electrons. The highest BCUT2D eigenvalue weighted by atomic mass is 32.2. The number of hydrogen-bond donors (Lipinski definition) is 1. The first-order valence-electron chi connectivity index (χ1n) is 3.21. The van der Waals surface area contributed by atoms with Crippen LogP contribution in [0.1, 0.15) is 6.92 Å². The van der Waals surface area contributed by atoms with Gasteiger partial charge in [0.1, 0.15) is 12.7 Å². The smallest absolute Gasteiger partial charge is 0.190 e. The lowest BCUT2D eigenvalue weighted by atomic mass is 10.8. The fraction of sp³-hybridized carbons (Fsp3) is 0.500. The molecule has 0 bridgehead atoms. The molecule has 4 nitrogen and oxygen atoms in total. The summed E-state index contributed by atoms with van der Waals surface area (Å²) in [5.74, 6) is 0. The monoisotopic (exact) mass is 172 g/mol. The van der Waals surface area contributed by atoms with Gasteiger partial charge in [-0.05, 0) is 12.8 Å². The zero-order valence-electron chi connectivity index (χ0n) is 6.69. The highest BCUT2D eigenvalue weighted by molar-refractivity contribution is 7.98. The Labute approximate surface area is 70.7 Å². The highest BCUT2D eigenvalue weighted by Crippen LogP contribution is 2.02. The van der Waals surface area contributed by atoms with E-state index >= 15 is 0 Å². The van der Waals surface area contributed by atoms with Gasteiger partial charge in [0.2, 0.25) is 0 Å². The maximum atomic E-state index is 4.85. The van der Waals surface area contributed by atoms with Crippen molar-refractivity contribution >= 4 is 11.8 Å². The molecule has 0 atom stereocenters. The van der Waals surface area contributed by atoms with Crippen LogP contribution in [0.4, 0.5) is 0 Å². The van der Waals surface area contributed by atoms with E-state index in [1.165, 1.54) is 24.4 Å². The molecule has 2 N–H and O–H groups in total. The van der Waals surface area contributed by atoms with E-state index < -0.39 is 0 Å². The maximum Gasteiger partial charge on any atom is 0.190 e. The molecule has 0 fully saturated rings. The Bertz CT molecular complexity index is 167. The first-order chi connectivity index (χ1) is 5.35. The molecular formula is C6H12N4S. The summed E-state index contributed by atoms with van der Waals surface area (Å²) in [5, 5.41) is 0.764. The Hall–Kier alpha value is -0.680. The highest BCUT2D eigenvalue weighted by Gasteiger charge is 1.84. The van der Waals surface area contributed by atoms with Crippen molar-refractivity contribution < 1.29 is 0 Å². The van der Waals surface area contributed by atoms with Gasteiger partial charge in [-0.15, -0.1) is 0 Å². The van der Waals surface area contributed by atoms with Crippen LogP contribution in [0.3, 0.4) is 0 Å². The van der Waals surface area contributed by atoms with E-state index in [0.717, 1.165) is 11.7 Å². The molecule has 0 aliphatic rings. The van der Waals surface area contributed by atoms with Gasteiger partial charge in [0.15, 0.2) is 5.16 Å². The van der Waals surface area contributed by atoms with Crippen molar-refractivity contribution in [1.29, 1.82) is 0 Å². The van der Waals surface area contributed by atoms with Crippen LogP contribution in [0.25, 0.3) is 0 Å². The van der Waals surface area contributed by atoms with Crippen LogP contribution in [0, 0.1) is 0 Å². The third-order valence-electron chi connectivity index (χ3n) is 0.652.